The molecule has 3 aliphatic rings. The van der Waals surface area contributed by atoms with Crippen molar-refractivity contribution in [1.82, 2.24) is 0 Å². The molecule has 1 aliphatic carbocycles. The predicted octanol–water partition coefficient (Wildman–Crippen LogP) is 1.49. The van der Waals surface area contributed by atoms with E-state index in [0.29, 0.717) is 0 Å². The number of carbonyl (C=O) groups excluding carboxylic acids is 1. The van der Waals surface area contributed by atoms with Crippen LogP contribution in [0, 0.1) is 5.92 Å². The molecule has 2 heterocycles. The first-order valence-corrected chi connectivity index (χ1v) is 4.07. The second-order valence-corrected chi connectivity index (χ2v) is 3.26. The van der Waals surface area contributed by atoms with Gasteiger partial charge in [-0.2, -0.15) is 0 Å². The van der Waals surface area contributed by atoms with Crippen LogP contribution in [0.5, 0.6) is 0 Å². The Hall–Kier alpha value is -0.530. The maximum absolute atomic E-state index is 11.1. The van der Waals surface area contributed by atoms with Gasteiger partial charge < -0.3 is 4.74 Å². The van der Waals surface area contributed by atoms with E-state index in [9.17, 15) is 4.79 Å². The van der Waals surface area contributed by atoms with Crippen LogP contribution in [0.25, 0.3) is 0 Å². The van der Waals surface area contributed by atoms with Gasteiger partial charge in [0, 0.05) is 0 Å². The summed E-state index contributed by atoms with van der Waals surface area (Å²) in [6.45, 7) is 0. The molecule has 2 nitrogen and oxygen atoms in total. The molecule has 10 heavy (non-hydrogen) atoms. The van der Waals surface area contributed by atoms with E-state index in [1.807, 2.05) is 0 Å². The third-order valence-corrected chi connectivity index (χ3v) is 2.53. The standard InChI is InChI=1S/C8H12O2/c9-8-6-2-1-3-7(10-8)5-4-6/h6-7H,1-5H2. The molecule has 0 radical (unpaired) electrons. The van der Waals surface area contributed by atoms with Crippen molar-refractivity contribution in [3.63, 3.8) is 0 Å². The van der Waals surface area contributed by atoms with Gasteiger partial charge in [-0.1, -0.05) is 0 Å². The van der Waals surface area contributed by atoms with Crippen LogP contribution < -0.4 is 0 Å². The molecule has 3 fully saturated rings. The lowest BCUT2D eigenvalue weighted by Gasteiger charge is -2.22. The number of hydrogen-bond acceptors (Lipinski definition) is 2. The van der Waals surface area contributed by atoms with Crippen LogP contribution in [-0.4, -0.2) is 12.1 Å². The molecule has 1 saturated carbocycles. The third kappa shape index (κ3) is 0.917. The first kappa shape index (κ1) is 6.20. The Balaban J connectivity index is 2.15. The highest BCUT2D eigenvalue weighted by Gasteiger charge is 2.32. The summed E-state index contributed by atoms with van der Waals surface area (Å²) >= 11 is 0. The minimum atomic E-state index is 0.0637. The average molecular weight is 140 g/mol. The third-order valence-electron chi connectivity index (χ3n) is 2.53. The molecule has 2 unspecified atom stereocenters. The topological polar surface area (TPSA) is 26.3 Å². The smallest absolute Gasteiger partial charge is 0.309 e. The Morgan fingerprint density at radius 2 is 2.10 bits per heavy atom. The van der Waals surface area contributed by atoms with Crippen molar-refractivity contribution in [2.45, 2.75) is 38.2 Å². The van der Waals surface area contributed by atoms with Crippen LogP contribution in [0.1, 0.15) is 32.1 Å². The molecule has 2 heteroatoms. The zero-order valence-corrected chi connectivity index (χ0v) is 6.01. The highest BCUT2D eigenvalue weighted by molar-refractivity contribution is 5.73. The van der Waals surface area contributed by atoms with Crippen molar-refractivity contribution < 1.29 is 9.53 Å². The Morgan fingerprint density at radius 1 is 1.20 bits per heavy atom. The van der Waals surface area contributed by atoms with Gasteiger partial charge in [0.05, 0.1) is 5.92 Å². The largest absolute Gasteiger partial charge is 0.462 e. The maximum atomic E-state index is 11.1. The first-order valence-electron chi connectivity index (χ1n) is 4.07. The SMILES string of the molecule is O=C1OC2CCCC1CC2. The lowest BCUT2D eigenvalue weighted by Crippen LogP contribution is -2.27. The van der Waals surface area contributed by atoms with Gasteiger partial charge in [-0.05, 0) is 32.1 Å². The first-order chi connectivity index (χ1) is 4.86. The van der Waals surface area contributed by atoms with Crippen LogP contribution in [0.3, 0.4) is 0 Å². The van der Waals surface area contributed by atoms with E-state index < -0.39 is 0 Å². The van der Waals surface area contributed by atoms with Crippen molar-refractivity contribution in [2.24, 2.45) is 5.92 Å². The average Bonchev–Trinajstić information content (AvgIpc) is 2.20. The van der Waals surface area contributed by atoms with Crippen molar-refractivity contribution in [1.29, 1.82) is 0 Å². The Morgan fingerprint density at radius 3 is 2.90 bits per heavy atom. The van der Waals surface area contributed by atoms with Crippen LogP contribution in [-0.2, 0) is 9.53 Å². The molecular weight excluding hydrogens is 128 g/mol. The van der Waals surface area contributed by atoms with E-state index in [-0.39, 0.29) is 18.0 Å². The molecule has 0 spiro atoms. The number of ether oxygens (including phenoxy) is 1. The minimum Gasteiger partial charge on any atom is -0.462 e. The number of rotatable bonds is 0. The van der Waals surface area contributed by atoms with Gasteiger partial charge in [0.25, 0.3) is 0 Å². The molecule has 0 aromatic heterocycles. The Bertz CT molecular complexity index is 149. The molecule has 2 bridgehead atoms. The molecule has 3 rings (SSSR count). The quantitative estimate of drug-likeness (QED) is 0.476. The number of fused-ring (bicyclic) bond motifs is 4. The summed E-state index contributed by atoms with van der Waals surface area (Å²) < 4.78 is 5.17. The van der Waals surface area contributed by atoms with Gasteiger partial charge in [0.15, 0.2) is 0 Å². The second kappa shape index (κ2) is 2.26. The van der Waals surface area contributed by atoms with Gasteiger partial charge in [0.2, 0.25) is 0 Å². The molecule has 2 aliphatic heterocycles. The maximum Gasteiger partial charge on any atom is 0.309 e. The fraction of sp³-hybridized carbons (Fsp3) is 0.875. The molecule has 2 saturated heterocycles. The minimum absolute atomic E-state index is 0.0637. The van der Waals surface area contributed by atoms with E-state index in [4.69, 9.17) is 4.74 Å². The number of esters is 1. The predicted molar refractivity (Wildman–Crippen MR) is 36.5 cm³/mol. The summed E-state index contributed by atoms with van der Waals surface area (Å²) in [6.07, 6.45) is 5.80. The lowest BCUT2D eigenvalue weighted by molar-refractivity contribution is -0.158. The fourth-order valence-electron chi connectivity index (χ4n) is 1.88. The summed E-state index contributed by atoms with van der Waals surface area (Å²) in [7, 11) is 0. The fourth-order valence-corrected chi connectivity index (χ4v) is 1.88. The van der Waals surface area contributed by atoms with Gasteiger partial charge in [-0.25, -0.2) is 0 Å². The zero-order chi connectivity index (χ0) is 6.97. The van der Waals surface area contributed by atoms with Crippen LogP contribution in [0.15, 0.2) is 0 Å². The molecular formula is C8H12O2. The summed E-state index contributed by atoms with van der Waals surface area (Å²) in [5.41, 5.74) is 0. The van der Waals surface area contributed by atoms with Gasteiger partial charge in [-0.15, -0.1) is 0 Å². The van der Waals surface area contributed by atoms with Gasteiger partial charge in [0.1, 0.15) is 6.10 Å². The molecule has 0 N–H and O–H groups in total. The summed E-state index contributed by atoms with van der Waals surface area (Å²) in [6, 6.07) is 0. The van der Waals surface area contributed by atoms with E-state index in [2.05, 4.69) is 0 Å². The van der Waals surface area contributed by atoms with Crippen molar-refractivity contribution in [3.8, 4) is 0 Å². The molecule has 0 aromatic rings. The zero-order valence-electron chi connectivity index (χ0n) is 6.01. The van der Waals surface area contributed by atoms with Crippen molar-refractivity contribution in [2.75, 3.05) is 0 Å². The van der Waals surface area contributed by atoms with Crippen LogP contribution >= 0.6 is 0 Å². The Labute approximate surface area is 60.6 Å². The van der Waals surface area contributed by atoms with E-state index in [0.717, 1.165) is 25.7 Å². The van der Waals surface area contributed by atoms with Gasteiger partial charge >= 0.3 is 5.97 Å². The monoisotopic (exact) mass is 140 g/mol. The molecule has 0 amide bonds. The summed E-state index contributed by atoms with van der Waals surface area (Å²) in [5.74, 6) is 0.313. The van der Waals surface area contributed by atoms with Crippen molar-refractivity contribution >= 4 is 5.97 Å². The molecule has 2 atom stereocenters. The normalized spacial score (nSPS) is 39.0. The van der Waals surface area contributed by atoms with Crippen LogP contribution in [0.4, 0.5) is 0 Å². The summed E-state index contributed by atoms with van der Waals surface area (Å²) in [4.78, 5) is 11.1. The number of hydrogen-bond donors (Lipinski definition) is 0. The lowest BCUT2D eigenvalue weighted by atomic mass is 9.99. The van der Waals surface area contributed by atoms with Gasteiger partial charge in [-0.3, -0.25) is 4.79 Å². The van der Waals surface area contributed by atoms with E-state index in [1.54, 1.807) is 0 Å². The Kier molecular flexibility index (Phi) is 1.40. The number of carbonyl (C=O) groups is 1. The van der Waals surface area contributed by atoms with E-state index in [1.165, 1.54) is 6.42 Å². The highest BCUT2D eigenvalue weighted by Crippen LogP contribution is 2.31. The second-order valence-electron chi connectivity index (χ2n) is 3.26. The van der Waals surface area contributed by atoms with Crippen molar-refractivity contribution in [3.05, 3.63) is 0 Å². The van der Waals surface area contributed by atoms with Crippen LogP contribution in [0.2, 0.25) is 0 Å². The van der Waals surface area contributed by atoms with E-state index >= 15 is 0 Å². The summed E-state index contributed by atoms with van der Waals surface area (Å²) in [5, 5.41) is 0. The highest BCUT2D eigenvalue weighted by atomic mass is 16.5. The molecule has 56 valence electrons. The molecule has 0 aromatic carbocycles.